The Kier molecular flexibility index (Phi) is 8.62. The lowest BCUT2D eigenvalue weighted by molar-refractivity contribution is -0.121. The number of rotatable bonds is 8. The zero-order chi connectivity index (χ0) is 24.9. The Labute approximate surface area is 204 Å². The topological polar surface area (TPSA) is 103 Å². The minimum Gasteiger partial charge on any atom is -0.444 e. The van der Waals surface area contributed by atoms with Gasteiger partial charge >= 0.3 is 6.09 Å². The fraction of sp³-hybridized carbons (Fsp3) is 0.583. The molecule has 1 aliphatic heterocycles. The molecule has 10 heteroatoms. The van der Waals surface area contributed by atoms with E-state index in [9.17, 15) is 9.59 Å². The maximum absolute atomic E-state index is 12.9. The maximum Gasteiger partial charge on any atom is 0.408 e. The second-order valence-corrected chi connectivity index (χ2v) is 10.4. The van der Waals surface area contributed by atoms with Crippen molar-refractivity contribution in [1.82, 2.24) is 15.3 Å². The van der Waals surface area contributed by atoms with E-state index in [-0.39, 0.29) is 31.0 Å². The number of Topliss-reactive ketones (excluding diaryl/α,β-unsaturated/α-hetero) is 1. The summed E-state index contributed by atoms with van der Waals surface area (Å²) in [4.78, 5) is 36.6. The van der Waals surface area contributed by atoms with Crippen molar-refractivity contribution in [3.63, 3.8) is 0 Å². The molecule has 2 aromatic heterocycles. The third-order valence-corrected chi connectivity index (χ3v) is 5.88. The predicted molar refractivity (Wildman–Crippen MR) is 131 cm³/mol. The average Bonchev–Trinajstić information content (AvgIpc) is 3.20. The van der Waals surface area contributed by atoms with E-state index in [1.165, 1.54) is 18.4 Å². The van der Waals surface area contributed by atoms with E-state index in [0.717, 1.165) is 24.6 Å². The van der Waals surface area contributed by atoms with Crippen LogP contribution in [0, 0.1) is 0 Å². The highest BCUT2D eigenvalue weighted by Gasteiger charge is 2.26. The lowest BCUT2D eigenvalue weighted by atomic mass is 10.1. The molecule has 0 aromatic carbocycles. The number of hydrogen-bond acceptors (Lipinski definition) is 9. The Hall–Kier alpha value is -2.56. The summed E-state index contributed by atoms with van der Waals surface area (Å²) >= 11 is 1.39. The molecule has 3 rings (SSSR count). The van der Waals surface area contributed by atoms with Gasteiger partial charge in [-0.05, 0) is 46.8 Å². The molecule has 0 unspecified atom stereocenters. The highest BCUT2D eigenvalue weighted by Crippen LogP contribution is 2.25. The van der Waals surface area contributed by atoms with Gasteiger partial charge in [0.1, 0.15) is 22.5 Å². The van der Waals surface area contributed by atoms with Gasteiger partial charge in [-0.2, -0.15) is 0 Å². The minimum atomic E-state index is -0.820. The number of carbonyl (C=O) groups is 2. The number of nitrogens with zero attached hydrogens (tertiary/aromatic N) is 3. The molecule has 3 atom stereocenters. The molecule has 0 radical (unpaired) electrons. The van der Waals surface area contributed by atoms with Gasteiger partial charge in [0.2, 0.25) is 0 Å². The summed E-state index contributed by atoms with van der Waals surface area (Å²) < 4.78 is 16.2. The second-order valence-electron chi connectivity index (χ2n) is 9.47. The van der Waals surface area contributed by atoms with Crippen LogP contribution in [-0.2, 0) is 25.4 Å². The molecule has 186 valence electrons. The van der Waals surface area contributed by atoms with Crippen molar-refractivity contribution < 1.29 is 23.8 Å². The first-order valence-electron chi connectivity index (χ1n) is 11.4. The smallest absolute Gasteiger partial charge is 0.408 e. The minimum absolute atomic E-state index is 0.0519. The van der Waals surface area contributed by atoms with Crippen molar-refractivity contribution in [2.75, 3.05) is 31.7 Å². The fourth-order valence-electron chi connectivity index (χ4n) is 3.72. The second kappa shape index (κ2) is 11.2. The largest absolute Gasteiger partial charge is 0.444 e. The van der Waals surface area contributed by atoms with Crippen LogP contribution in [-0.4, -0.2) is 72.5 Å². The van der Waals surface area contributed by atoms with Crippen LogP contribution in [0.3, 0.4) is 0 Å². The maximum atomic E-state index is 12.9. The first kappa shape index (κ1) is 26.1. The summed E-state index contributed by atoms with van der Waals surface area (Å²) in [7, 11) is 1.48. The van der Waals surface area contributed by atoms with Gasteiger partial charge < -0.3 is 24.4 Å². The molecule has 0 spiro atoms. The first-order valence-corrected chi connectivity index (χ1v) is 12.3. The Morgan fingerprint density at radius 2 is 1.91 bits per heavy atom. The normalized spacial score (nSPS) is 19.5. The summed E-state index contributed by atoms with van der Waals surface area (Å²) in [5.74, 6) is 0.679. The molecule has 0 saturated carbocycles. The van der Waals surface area contributed by atoms with Crippen LogP contribution in [0.1, 0.15) is 39.6 Å². The molecule has 0 bridgehead atoms. The Morgan fingerprint density at radius 1 is 1.21 bits per heavy atom. The Balaban J connectivity index is 1.67. The average molecular weight is 491 g/mol. The Bertz CT molecular complexity index is 980. The molecule has 1 saturated heterocycles. The van der Waals surface area contributed by atoms with Crippen molar-refractivity contribution in [2.24, 2.45) is 0 Å². The zero-order valence-corrected chi connectivity index (χ0v) is 21.5. The van der Waals surface area contributed by atoms with Crippen molar-refractivity contribution >= 4 is 29.0 Å². The number of carbonyl (C=O) groups excluding carboxylic acids is 2. The van der Waals surface area contributed by atoms with Crippen LogP contribution >= 0.6 is 11.3 Å². The molecule has 9 nitrogen and oxygen atoms in total. The van der Waals surface area contributed by atoms with Gasteiger partial charge in [-0.15, -0.1) is 11.3 Å². The first-order chi connectivity index (χ1) is 16.0. The van der Waals surface area contributed by atoms with E-state index in [1.807, 2.05) is 23.6 Å². The number of alkyl carbamates (subject to hydrolysis) is 1. The van der Waals surface area contributed by atoms with Crippen molar-refractivity contribution in [1.29, 1.82) is 0 Å². The van der Waals surface area contributed by atoms with Crippen LogP contribution in [0.15, 0.2) is 23.6 Å². The monoisotopic (exact) mass is 490 g/mol. The van der Waals surface area contributed by atoms with Crippen molar-refractivity contribution in [2.45, 2.75) is 64.9 Å². The van der Waals surface area contributed by atoms with E-state index < -0.39 is 17.7 Å². The number of morpholine rings is 1. The van der Waals surface area contributed by atoms with E-state index in [4.69, 9.17) is 19.2 Å². The van der Waals surface area contributed by atoms with E-state index >= 15 is 0 Å². The molecule has 3 heterocycles. The van der Waals surface area contributed by atoms with Gasteiger partial charge in [0.25, 0.3) is 0 Å². The standard InChI is InChI=1S/C24H34N4O5S/c1-15-11-28(12-16(2)32-15)21-9-7-8-17(25-21)19-14-34-22(26-19)10-20(29)18(13-31-6)27-23(30)33-24(3,4)5/h7-9,14-16,18H,10-13H2,1-6H3,(H,27,30)/t15-,16+,18-/m0/s1. The van der Waals surface area contributed by atoms with Gasteiger partial charge in [-0.3, -0.25) is 4.79 Å². The molecular formula is C24H34N4O5S. The summed E-state index contributed by atoms with van der Waals surface area (Å²) in [5.41, 5.74) is 0.806. The fourth-order valence-corrected chi connectivity index (χ4v) is 4.52. The molecule has 1 aliphatic rings. The van der Waals surface area contributed by atoms with Crippen LogP contribution < -0.4 is 10.2 Å². The highest BCUT2D eigenvalue weighted by atomic mass is 32.1. The van der Waals surface area contributed by atoms with Crippen molar-refractivity contribution in [3.8, 4) is 11.4 Å². The third-order valence-electron chi connectivity index (χ3n) is 5.03. The lowest BCUT2D eigenvalue weighted by Gasteiger charge is -2.36. The summed E-state index contributed by atoms with van der Waals surface area (Å²) in [6.45, 7) is 11.0. The van der Waals surface area contributed by atoms with Crippen LogP contribution in [0.25, 0.3) is 11.4 Å². The van der Waals surface area contributed by atoms with Gasteiger partial charge in [-0.1, -0.05) is 6.07 Å². The summed E-state index contributed by atoms with van der Waals surface area (Å²) in [6, 6.07) is 5.04. The number of ether oxygens (including phenoxy) is 3. The molecule has 1 N–H and O–H groups in total. The van der Waals surface area contributed by atoms with Gasteiger partial charge in [0.15, 0.2) is 5.78 Å². The quantitative estimate of drug-likeness (QED) is 0.600. The van der Waals surface area contributed by atoms with Crippen LogP contribution in [0.2, 0.25) is 0 Å². The zero-order valence-electron chi connectivity index (χ0n) is 20.7. The number of methoxy groups -OCH3 is 1. The molecule has 1 amide bonds. The number of thiazole rings is 1. The third kappa shape index (κ3) is 7.48. The SMILES string of the molecule is COC[C@H](NC(=O)OC(C)(C)C)C(=O)Cc1nc(-c2cccc(N3C[C@@H](C)O[C@@H](C)C3)n2)cs1. The molecular weight excluding hydrogens is 456 g/mol. The number of aromatic nitrogens is 2. The highest BCUT2D eigenvalue weighted by molar-refractivity contribution is 7.10. The molecule has 2 aromatic rings. The van der Waals surface area contributed by atoms with Gasteiger partial charge in [0, 0.05) is 25.6 Å². The van der Waals surface area contributed by atoms with Crippen LogP contribution in [0.4, 0.5) is 10.6 Å². The van der Waals surface area contributed by atoms with Gasteiger partial charge in [-0.25, -0.2) is 14.8 Å². The van der Waals surface area contributed by atoms with Crippen molar-refractivity contribution in [3.05, 3.63) is 28.6 Å². The summed E-state index contributed by atoms with van der Waals surface area (Å²) in [5, 5.41) is 5.14. The number of pyridine rings is 1. The number of hydrogen-bond donors (Lipinski definition) is 1. The lowest BCUT2D eigenvalue weighted by Crippen LogP contribution is -2.46. The Morgan fingerprint density at radius 3 is 2.56 bits per heavy atom. The summed E-state index contributed by atoms with van der Waals surface area (Å²) in [6.07, 6.45) is -0.302. The van der Waals surface area contributed by atoms with E-state index in [2.05, 4.69) is 29.0 Å². The number of anilines is 1. The van der Waals surface area contributed by atoms with Crippen LogP contribution in [0.5, 0.6) is 0 Å². The number of amides is 1. The molecule has 1 fully saturated rings. The van der Waals surface area contributed by atoms with E-state index in [1.54, 1.807) is 20.8 Å². The van der Waals surface area contributed by atoms with E-state index in [0.29, 0.717) is 10.7 Å². The molecule has 0 aliphatic carbocycles. The molecule has 34 heavy (non-hydrogen) atoms. The number of ketones is 1. The number of nitrogens with one attached hydrogen (secondary N) is 1. The van der Waals surface area contributed by atoms with Gasteiger partial charge in [0.05, 0.1) is 36.6 Å². The predicted octanol–water partition coefficient (Wildman–Crippen LogP) is 3.47.